The third-order valence-corrected chi connectivity index (χ3v) is 14.5. The Bertz CT molecular complexity index is 1860. The van der Waals surface area contributed by atoms with E-state index in [0.717, 1.165) is 24.1 Å². The maximum absolute atomic E-state index is 14.8. The van der Waals surface area contributed by atoms with Crippen LogP contribution in [0.15, 0.2) is 66.3 Å². The lowest BCUT2D eigenvalue weighted by atomic mass is 9.32. The number of allylic oxidation sites excluding steroid dienone is 4. The maximum Gasteiger partial charge on any atom is 0.416 e. The van der Waals surface area contributed by atoms with Crippen LogP contribution in [0, 0.1) is 33.5 Å². The van der Waals surface area contributed by atoms with Gasteiger partial charge in [-0.2, -0.15) is 13.2 Å². The first kappa shape index (κ1) is 37.7. The topological polar surface area (TPSA) is 96.3 Å². The number of alkyl halides is 3. The van der Waals surface area contributed by atoms with Crippen LogP contribution in [0.25, 0.3) is 0 Å². The minimum atomic E-state index is -4.60. The smallest absolute Gasteiger partial charge is 0.416 e. The van der Waals surface area contributed by atoms with Gasteiger partial charge in [0.2, 0.25) is 5.91 Å². The van der Waals surface area contributed by atoms with Gasteiger partial charge in [0, 0.05) is 40.5 Å². The number of ether oxygens (including phenoxy) is 2. The Morgan fingerprint density at radius 2 is 1.62 bits per heavy atom. The highest BCUT2D eigenvalue weighted by Gasteiger charge is 2.74. The third kappa shape index (κ3) is 5.59. The number of benzene rings is 2. The predicted molar refractivity (Wildman–Crippen MR) is 194 cm³/mol. The first-order valence-corrected chi connectivity index (χ1v) is 19.1. The summed E-state index contributed by atoms with van der Waals surface area (Å²) in [6.45, 7) is 6.97. The van der Waals surface area contributed by atoms with Crippen LogP contribution >= 0.6 is 0 Å². The standard InChI is InChI=1S/C43H52F3NO6/c1-6-20-47(36(49)22-27-10-11-32(52-4)33(21-27)53-5)26-41(51)17-14-35-39(41,3)16-13-34-38(2)15-12-30(48)24-40(38)18-19-42(34,35)31(25-40)37(50)28-8-7-9-29(23-28)43(44,45)46/h7-11,18-19,21,23,25,30,34-35,48,51H,6,12-17,20,22,24,26H2,1-5H3/t30?,34-,35-,38-,39+,40+,41-,42-/m1/s1. The second-order valence-corrected chi connectivity index (χ2v) is 16.9. The Morgan fingerprint density at radius 3 is 2.32 bits per heavy atom. The molecule has 0 heterocycles. The molecule has 286 valence electrons. The Kier molecular flexibility index (Phi) is 9.24. The highest BCUT2D eigenvalue weighted by molar-refractivity contribution is 6.10. The zero-order chi connectivity index (χ0) is 38.2. The number of aliphatic hydroxyl groups is 2. The average molecular weight is 736 g/mol. The molecule has 2 aromatic carbocycles. The number of nitrogens with zero attached hydrogens (tertiary/aromatic N) is 1. The molecule has 3 saturated carbocycles. The van der Waals surface area contributed by atoms with E-state index in [4.69, 9.17) is 9.47 Å². The fourth-order valence-electron chi connectivity index (χ4n) is 11.7. The van der Waals surface area contributed by atoms with Crippen molar-refractivity contribution in [2.45, 2.75) is 96.4 Å². The molecule has 0 aromatic heterocycles. The Labute approximate surface area is 310 Å². The van der Waals surface area contributed by atoms with E-state index in [9.17, 15) is 33.0 Å². The van der Waals surface area contributed by atoms with E-state index in [-0.39, 0.29) is 41.7 Å². The van der Waals surface area contributed by atoms with Crippen LogP contribution in [0.2, 0.25) is 0 Å². The van der Waals surface area contributed by atoms with Crippen LogP contribution in [0.5, 0.6) is 11.5 Å². The van der Waals surface area contributed by atoms with Gasteiger partial charge < -0.3 is 24.6 Å². The molecule has 3 fully saturated rings. The third-order valence-electron chi connectivity index (χ3n) is 14.5. The van der Waals surface area contributed by atoms with E-state index < -0.39 is 45.5 Å². The summed E-state index contributed by atoms with van der Waals surface area (Å²) in [5.74, 6) is 0.341. The molecule has 7 nitrogen and oxygen atoms in total. The lowest BCUT2D eigenvalue weighted by Gasteiger charge is -2.71. The van der Waals surface area contributed by atoms with E-state index in [2.05, 4.69) is 26.0 Å². The van der Waals surface area contributed by atoms with Crippen molar-refractivity contribution in [1.82, 2.24) is 4.90 Å². The van der Waals surface area contributed by atoms with Gasteiger partial charge in [-0.3, -0.25) is 9.59 Å². The Balaban J connectivity index is 1.26. The highest BCUT2D eigenvalue weighted by Crippen LogP contribution is 2.78. The molecular weight excluding hydrogens is 683 g/mol. The number of ketones is 1. The number of hydrogen-bond acceptors (Lipinski definition) is 6. The van der Waals surface area contributed by atoms with Crippen molar-refractivity contribution >= 4 is 11.7 Å². The van der Waals surface area contributed by atoms with Crippen molar-refractivity contribution in [3.05, 3.63) is 83.0 Å². The first-order chi connectivity index (χ1) is 25.0. The first-order valence-electron chi connectivity index (χ1n) is 19.1. The fraction of sp³-hybridized carbons (Fsp3) is 0.581. The summed E-state index contributed by atoms with van der Waals surface area (Å²) in [7, 11) is 3.11. The number of hydrogen-bond donors (Lipinski definition) is 2. The largest absolute Gasteiger partial charge is 0.493 e. The van der Waals surface area contributed by atoms with Crippen molar-refractivity contribution in [2.24, 2.45) is 33.5 Å². The number of amides is 1. The van der Waals surface area contributed by atoms with Gasteiger partial charge in [-0.1, -0.05) is 57.2 Å². The molecule has 6 aliphatic carbocycles. The highest BCUT2D eigenvalue weighted by atomic mass is 19.4. The summed E-state index contributed by atoms with van der Waals surface area (Å²) >= 11 is 0. The summed E-state index contributed by atoms with van der Waals surface area (Å²) in [6.07, 6.45) is 6.25. The molecule has 2 spiro atoms. The second kappa shape index (κ2) is 13.0. The number of methoxy groups -OCH3 is 2. The molecule has 0 aliphatic heterocycles. The number of fused-ring (bicyclic) bond motifs is 1. The fourth-order valence-corrected chi connectivity index (χ4v) is 11.7. The minimum absolute atomic E-state index is 0.00923. The van der Waals surface area contributed by atoms with Gasteiger partial charge in [-0.05, 0) is 98.4 Å². The summed E-state index contributed by atoms with van der Waals surface area (Å²) in [5, 5.41) is 23.9. The molecule has 2 N–H and O–H groups in total. The van der Waals surface area contributed by atoms with Crippen LogP contribution in [0.1, 0.15) is 93.6 Å². The van der Waals surface area contributed by atoms with E-state index in [1.807, 2.05) is 19.1 Å². The molecule has 2 aromatic rings. The van der Waals surface area contributed by atoms with E-state index in [0.29, 0.717) is 68.6 Å². The molecule has 0 saturated heterocycles. The molecule has 8 atom stereocenters. The van der Waals surface area contributed by atoms with Gasteiger partial charge in [-0.15, -0.1) is 0 Å². The van der Waals surface area contributed by atoms with Crippen molar-refractivity contribution in [1.29, 1.82) is 0 Å². The lowest BCUT2D eigenvalue weighted by molar-refractivity contribution is -0.178. The number of aliphatic hydroxyl groups excluding tert-OH is 1. The van der Waals surface area contributed by atoms with Crippen LogP contribution in [0.3, 0.4) is 0 Å². The van der Waals surface area contributed by atoms with Crippen molar-refractivity contribution in [3.63, 3.8) is 0 Å². The van der Waals surface area contributed by atoms with Gasteiger partial charge in [0.1, 0.15) is 0 Å². The molecule has 10 heteroatoms. The molecular formula is C43H52F3NO6. The lowest BCUT2D eigenvalue weighted by Crippen LogP contribution is -2.67. The second-order valence-electron chi connectivity index (χ2n) is 16.9. The predicted octanol–water partition coefficient (Wildman–Crippen LogP) is 7.98. The molecule has 2 bridgehead atoms. The molecule has 1 amide bonds. The molecule has 0 radical (unpaired) electrons. The van der Waals surface area contributed by atoms with E-state index in [1.165, 1.54) is 12.1 Å². The van der Waals surface area contributed by atoms with Gasteiger partial charge in [0.25, 0.3) is 0 Å². The molecule has 53 heavy (non-hydrogen) atoms. The van der Waals surface area contributed by atoms with Gasteiger partial charge in [-0.25, -0.2) is 0 Å². The zero-order valence-corrected chi connectivity index (χ0v) is 31.4. The van der Waals surface area contributed by atoms with Gasteiger partial charge in [0.05, 0.1) is 37.9 Å². The number of Topliss-reactive ketones (excluding diaryl/α,β-unsaturated/α-hetero) is 1. The number of rotatable bonds is 10. The monoisotopic (exact) mass is 735 g/mol. The van der Waals surface area contributed by atoms with Crippen LogP contribution in [-0.4, -0.2) is 65.8 Å². The van der Waals surface area contributed by atoms with E-state index >= 15 is 0 Å². The Hall–Kier alpha value is -3.63. The summed E-state index contributed by atoms with van der Waals surface area (Å²) in [5.41, 5.74) is -3.33. The number of carbonyl (C=O) groups is 2. The van der Waals surface area contributed by atoms with Crippen molar-refractivity contribution in [3.8, 4) is 11.5 Å². The number of halogens is 3. The average Bonchev–Trinajstić information content (AvgIpc) is 3.40. The normalized spacial score (nSPS) is 35.5. The summed E-state index contributed by atoms with van der Waals surface area (Å²) in [6, 6.07) is 10.1. The quantitative estimate of drug-likeness (QED) is 0.190. The van der Waals surface area contributed by atoms with Crippen LogP contribution < -0.4 is 9.47 Å². The molecule has 8 rings (SSSR count). The van der Waals surface area contributed by atoms with Crippen LogP contribution in [-0.2, 0) is 17.4 Å². The molecule has 6 aliphatic rings. The van der Waals surface area contributed by atoms with E-state index in [1.54, 1.807) is 31.3 Å². The summed E-state index contributed by atoms with van der Waals surface area (Å²) < 4.78 is 52.5. The molecule has 1 unspecified atom stereocenters. The van der Waals surface area contributed by atoms with Gasteiger partial charge in [0.15, 0.2) is 17.3 Å². The van der Waals surface area contributed by atoms with Crippen molar-refractivity contribution in [2.75, 3.05) is 27.3 Å². The maximum atomic E-state index is 14.8. The van der Waals surface area contributed by atoms with Crippen LogP contribution in [0.4, 0.5) is 13.2 Å². The Morgan fingerprint density at radius 1 is 0.925 bits per heavy atom. The SMILES string of the molecule is CCCN(C[C@]1(O)CC[C@H]2[C@]34C=C[C@@]5(C=C3C(=O)c3cccc(C(F)(F)F)c3)CC(O)CC[C@]5(C)[C@H]4CC[C@@]21C)C(=O)Cc1ccc(OC)c(OC)c1. The van der Waals surface area contributed by atoms with Gasteiger partial charge >= 0.3 is 6.18 Å². The number of carbonyl (C=O) groups excluding carboxylic acids is 2. The summed E-state index contributed by atoms with van der Waals surface area (Å²) in [4.78, 5) is 30.6. The van der Waals surface area contributed by atoms with Crippen molar-refractivity contribution < 1.29 is 42.4 Å². The minimum Gasteiger partial charge on any atom is -0.493 e. The zero-order valence-electron chi connectivity index (χ0n) is 31.4.